The minimum atomic E-state index is -1.85. The first-order valence-corrected chi connectivity index (χ1v) is 3.59. The highest BCUT2D eigenvalue weighted by atomic mass is 35.5. The van der Waals surface area contributed by atoms with Crippen LogP contribution in [0.2, 0.25) is 0 Å². The molecule has 0 aromatic heterocycles. The Morgan fingerprint density at radius 3 is 2.88 bits per heavy atom. The predicted octanol–water partition coefficient (Wildman–Crippen LogP) is 1.77. The van der Waals surface area contributed by atoms with E-state index in [1.54, 1.807) is 0 Å². The van der Waals surface area contributed by atoms with Crippen molar-refractivity contribution in [2.45, 2.75) is 5.12 Å². The Kier molecular flexibility index (Phi) is 1.84. The first kappa shape index (κ1) is 6.02. The minimum Gasteiger partial charge on any atom is -0.301 e. The Balaban J connectivity index is 2.60. The van der Waals surface area contributed by atoms with Gasteiger partial charge in [0.15, 0.2) is 0 Å². The normalized spacial score (nSPS) is 32.1. The molecule has 1 aliphatic rings. The van der Waals surface area contributed by atoms with E-state index in [0.717, 1.165) is 0 Å². The van der Waals surface area contributed by atoms with Gasteiger partial charge in [0.25, 0.3) is 5.12 Å². The van der Waals surface area contributed by atoms with E-state index in [0.29, 0.717) is 0 Å². The van der Waals surface area contributed by atoms with Gasteiger partial charge in [-0.25, -0.2) is 0 Å². The second kappa shape index (κ2) is 2.44. The molecule has 0 aromatic carbocycles. The Morgan fingerprint density at radius 2 is 2.50 bits per heavy atom. The quantitative estimate of drug-likeness (QED) is 0.302. The van der Waals surface area contributed by atoms with Crippen molar-refractivity contribution in [3.8, 4) is 0 Å². The summed E-state index contributed by atoms with van der Waals surface area (Å²) in [5, 5.41) is -0.543. The lowest BCUT2D eigenvalue weighted by atomic mass is 10.7. The standard InChI is InChI=1S/C3H3ClO3P/c4-3-1-2-6-7-8(3)5/h1-3H/q+1. The van der Waals surface area contributed by atoms with Crippen LogP contribution in [0.3, 0.4) is 0 Å². The number of hydrogen-bond acceptors (Lipinski definition) is 3. The molecule has 1 rings (SSSR count). The number of allylic oxidation sites excluding steroid dienone is 1. The molecule has 2 unspecified atom stereocenters. The van der Waals surface area contributed by atoms with Gasteiger partial charge < -0.3 is 4.89 Å². The van der Waals surface area contributed by atoms with Crippen LogP contribution in [0.1, 0.15) is 0 Å². The first-order chi connectivity index (χ1) is 3.80. The summed E-state index contributed by atoms with van der Waals surface area (Å²) in [5.41, 5.74) is 0. The van der Waals surface area contributed by atoms with Gasteiger partial charge in [-0.3, -0.25) is 0 Å². The van der Waals surface area contributed by atoms with Crippen molar-refractivity contribution in [3.05, 3.63) is 12.3 Å². The molecule has 44 valence electrons. The van der Waals surface area contributed by atoms with Crippen molar-refractivity contribution >= 4 is 19.6 Å². The molecule has 0 radical (unpaired) electrons. The van der Waals surface area contributed by atoms with Crippen LogP contribution >= 0.6 is 19.6 Å². The predicted molar refractivity (Wildman–Crippen MR) is 28.6 cm³/mol. The van der Waals surface area contributed by atoms with Gasteiger partial charge in [-0.1, -0.05) is 11.6 Å². The summed E-state index contributed by atoms with van der Waals surface area (Å²) >= 11 is 5.39. The number of alkyl halides is 1. The van der Waals surface area contributed by atoms with E-state index in [-0.39, 0.29) is 0 Å². The van der Waals surface area contributed by atoms with Crippen LogP contribution in [0.15, 0.2) is 12.3 Å². The first-order valence-electron chi connectivity index (χ1n) is 1.91. The Labute approximate surface area is 52.0 Å². The van der Waals surface area contributed by atoms with E-state index in [9.17, 15) is 4.57 Å². The van der Waals surface area contributed by atoms with Gasteiger partial charge in [0, 0.05) is 6.08 Å². The van der Waals surface area contributed by atoms with Crippen molar-refractivity contribution in [1.29, 1.82) is 0 Å². The molecule has 1 aliphatic heterocycles. The van der Waals surface area contributed by atoms with Gasteiger partial charge in [0.1, 0.15) is 6.26 Å². The van der Waals surface area contributed by atoms with Crippen molar-refractivity contribution in [2.75, 3.05) is 0 Å². The summed E-state index contributed by atoms with van der Waals surface area (Å²) in [4.78, 5) is 4.20. The molecule has 0 N–H and O–H groups in total. The van der Waals surface area contributed by atoms with Crippen LogP contribution in [0.25, 0.3) is 0 Å². The molecule has 0 bridgehead atoms. The van der Waals surface area contributed by atoms with Gasteiger partial charge in [0.05, 0.1) is 4.67 Å². The summed E-state index contributed by atoms with van der Waals surface area (Å²) in [7, 11) is -1.85. The van der Waals surface area contributed by atoms with Gasteiger partial charge in [0.2, 0.25) is 0 Å². The minimum absolute atomic E-state index is 0.543. The zero-order valence-electron chi connectivity index (χ0n) is 3.78. The van der Waals surface area contributed by atoms with Crippen LogP contribution < -0.4 is 0 Å². The zero-order valence-corrected chi connectivity index (χ0v) is 5.43. The Morgan fingerprint density at radius 1 is 1.75 bits per heavy atom. The summed E-state index contributed by atoms with van der Waals surface area (Å²) in [6.45, 7) is 0. The molecular weight excluding hydrogens is 150 g/mol. The topological polar surface area (TPSA) is 35.5 Å². The third-order valence-electron chi connectivity index (χ3n) is 0.611. The third kappa shape index (κ3) is 1.19. The van der Waals surface area contributed by atoms with E-state index >= 15 is 0 Å². The smallest absolute Gasteiger partial charge is 0.301 e. The van der Waals surface area contributed by atoms with Crippen LogP contribution in [-0.2, 0) is 14.1 Å². The molecule has 0 saturated heterocycles. The average molecular weight is 153 g/mol. The molecule has 5 heteroatoms. The van der Waals surface area contributed by atoms with Crippen molar-refractivity contribution in [3.63, 3.8) is 0 Å². The average Bonchev–Trinajstić information content (AvgIpc) is 1.77. The number of rotatable bonds is 0. The van der Waals surface area contributed by atoms with Crippen LogP contribution in [-0.4, -0.2) is 5.12 Å². The molecule has 0 spiro atoms. The molecule has 1 heterocycles. The maximum absolute atomic E-state index is 10.4. The Hall–Kier alpha value is -0.110. The lowest BCUT2D eigenvalue weighted by Gasteiger charge is -1.93. The largest absolute Gasteiger partial charge is 0.576 e. The van der Waals surface area contributed by atoms with Crippen molar-refractivity contribution in [1.82, 2.24) is 0 Å². The summed E-state index contributed by atoms with van der Waals surface area (Å²) in [6, 6.07) is 0. The van der Waals surface area contributed by atoms with Crippen LogP contribution in [0.4, 0.5) is 0 Å². The molecule has 0 fully saturated rings. The third-order valence-corrected chi connectivity index (χ3v) is 2.04. The SMILES string of the molecule is O=[P+]1OOC=CC1Cl. The van der Waals surface area contributed by atoms with Gasteiger partial charge in [-0.2, -0.15) is 0 Å². The van der Waals surface area contributed by atoms with Gasteiger partial charge in [-0.05, 0) is 4.57 Å². The summed E-state index contributed by atoms with van der Waals surface area (Å²) < 4.78 is 14.6. The lowest BCUT2D eigenvalue weighted by Crippen LogP contribution is -1.94. The van der Waals surface area contributed by atoms with Gasteiger partial charge in [-0.15, -0.1) is 0 Å². The lowest BCUT2D eigenvalue weighted by molar-refractivity contribution is -0.145. The maximum atomic E-state index is 10.4. The molecule has 8 heavy (non-hydrogen) atoms. The van der Waals surface area contributed by atoms with E-state index < -0.39 is 13.1 Å². The van der Waals surface area contributed by atoms with Crippen molar-refractivity contribution < 1.29 is 14.1 Å². The highest BCUT2D eigenvalue weighted by molar-refractivity contribution is 7.42. The molecule has 0 aromatic rings. The van der Waals surface area contributed by atoms with Gasteiger partial charge >= 0.3 is 8.03 Å². The van der Waals surface area contributed by atoms with E-state index in [1.807, 2.05) is 0 Å². The monoisotopic (exact) mass is 153 g/mol. The maximum Gasteiger partial charge on any atom is 0.576 e. The van der Waals surface area contributed by atoms with Crippen LogP contribution in [0.5, 0.6) is 0 Å². The Bertz CT molecular complexity index is 134. The fourth-order valence-electron chi connectivity index (χ4n) is 0.276. The second-order valence-electron chi connectivity index (χ2n) is 1.16. The summed E-state index contributed by atoms with van der Waals surface area (Å²) in [6.07, 6.45) is 2.72. The molecule has 0 saturated carbocycles. The highest BCUT2D eigenvalue weighted by Crippen LogP contribution is 2.36. The van der Waals surface area contributed by atoms with E-state index in [4.69, 9.17) is 11.6 Å². The fraction of sp³-hybridized carbons (Fsp3) is 0.333. The molecule has 3 nitrogen and oxygen atoms in total. The van der Waals surface area contributed by atoms with E-state index in [1.165, 1.54) is 12.3 Å². The molecular formula is C3H3ClO3P+. The second-order valence-corrected chi connectivity index (χ2v) is 3.21. The zero-order chi connectivity index (χ0) is 5.98. The van der Waals surface area contributed by atoms with E-state index in [2.05, 4.69) is 9.56 Å². The fourth-order valence-corrected chi connectivity index (χ4v) is 0.860. The summed E-state index contributed by atoms with van der Waals surface area (Å²) in [5.74, 6) is 0. The molecule has 2 atom stereocenters. The molecule has 0 amide bonds. The van der Waals surface area contributed by atoms with Crippen molar-refractivity contribution in [2.24, 2.45) is 0 Å². The number of hydrogen-bond donors (Lipinski definition) is 0. The highest BCUT2D eigenvalue weighted by Gasteiger charge is 2.33. The van der Waals surface area contributed by atoms with Crippen LogP contribution in [0, 0.1) is 0 Å². The molecule has 0 aliphatic carbocycles. The number of halogens is 1.